The monoisotopic (exact) mass is 532 g/mol. The van der Waals surface area contributed by atoms with Crippen LogP contribution in [-0.4, -0.2) is 48.7 Å². The van der Waals surface area contributed by atoms with Crippen LogP contribution in [0.4, 0.5) is 20.2 Å². The third kappa shape index (κ3) is 5.18. The lowest BCUT2D eigenvalue weighted by molar-refractivity contribution is -0.880. The molecule has 9 heteroatoms. The Morgan fingerprint density at radius 2 is 1.77 bits per heavy atom. The van der Waals surface area contributed by atoms with Gasteiger partial charge >= 0.3 is 0 Å². The Morgan fingerprint density at radius 3 is 2.49 bits per heavy atom. The molecular formula is C30H32F2N5O2+. The van der Waals surface area contributed by atoms with E-state index in [0.717, 1.165) is 68.8 Å². The zero-order valence-corrected chi connectivity index (χ0v) is 21.9. The third-order valence-electron chi connectivity index (χ3n) is 7.88. The lowest BCUT2D eigenvalue weighted by Gasteiger charge is -2.31. The Kier molecular flexibility index (Phi) is 6.91. The highest BCUT2D eigenvalue weighted by molar-refractivity contribution is 6.02. The van der Waals surface area contributed by atoms with Crippen molar-refractivity contribution in [1.29, 1.82) is 0 Å². The quantitative estimate of drug-likeness (QED) is 0.375. The van der Waals surface area contributed by atoms with E-state index in [1.807, 2.05) is 6.07 Å². The van der Waals surface area contributed by atoms with E-state index in [9.17, 15) is 13.6 Å². The largest absolute Gasteiger partial charge is 0.449 e. The maximum Gasteiger partial charge on any atom is 0.291 e. The van der Waals surface area contributed by atoms with Crippen molar-refractivity contribution in [3.63, 3.8) is 0 Å². The van der Waals surface area contributed by atoms with E-state index in [0.29, 0.717) is 11.5 Å². The van der Waals surface area contributed by atoms with Crippen LogP contribution in [0, 0.1) is 11.6 Å². The van der Waals surface area contributed by atoms with Gasteiger partial charge in [0.15, 0.2) is 11.5 Å². The second-order valence-electron chi connectivity index (χ2n) is 10.5. The SMILES string of the molecule is C[NH+]1CCN(c2ccc(NC(=O)c3ccc(-c4c(-c5ccc(F)cc5)ncn4C4CCCC4)o3)c(F)c2)CC1. The van der Waals surface area contributed by atoms with Gasteiger partial charge in [-0.2, -0.15) is 0 Å². The van der Waals surface area contributed by atoms with Crippen LogP contribution in [0.3, 0.4) is 0 Å². The van der Waals surface area contributed by atoms with Crippen molar-refractivity contribution in [3.8, 4) is 22.7 Å². The van der Waals surface area contributed by atoms with Crippen LogP contribution >= 0.6 is 0 Å². The van der Waals surface area contributed by atoms with Gasteiger partial charge in [-0.05, 0) is 67.4 Å². The van der Waals surface area contributed by atoms with Crippen molar-refractivity contribution >= 4 is 17.3 Å². The van der Waals surface area contributed by atoms with Crippen LogP contribution in [0.2, 0.25) is 0 Å². The van der Waals surface area contributed by atoms with Crippen LogP contribution in [0.15, 0.2) is 65.3 Å². The molecule has 39 heavy (non-hydrogen) atoms. The molecule has 1 amide bonds. The number of hydrogen-bond acceptors (Lipinski definition) is 4. The fourth-order valence-corrected chi connectivity index (χ4v) is 5.60. The lowest BCUT2D eigenvalue weighted by Crippen LogP contribution is -3.12. The predicted molar refractivity (Wildman–Crippen MR) is 146 cm³/mol. The minimum absolute atomic E-state index is 0.0692. The zero-order chi connectivity index (χ0) is 26.9. The number of nitrogens with zero attached hydrogens (tertiary/aromatic N) is 3. The van der Waals surface area contributed by atoms with Crippen molar-refractivity contribution in [3.05, 3.63) is 78.3 Å². The van der Waals surface area contributed by atoms with Gasteiger partial charge in [-0.15, -0.1) is 0 Å². The molecule has 0 spiro atoms. The number of carbonyl (C=O) groups is 1. The minimum Gasteiger partial charge on any atom is -0.449 e. The number of anilines is 2. The number of halogens is 2. The standard InChI is InChI=1S/C30H31F2N5O2/c1-35-14-16-36(17-15-35)23-10-11-25(24(32)18-23)34-30(38)27-13-12-26(39-27)29-28(20-6-8-21(31)9-7-20)33-19-37(29)22-4-2-3-5-22/h6-13,18-19,22H,2-5,14-17H2,1H3,(H,34,38)/p+1. The first-order valence-corrected chi connectivity index (χ1v) is 13.6. The van der Waals surface area contributed by atoms with Gasteiger partial charge in [0.25, 0.3) is 5.91 Å². The second-order valence-corrected chi connectivity index (χ2v) is 10.5. The summed E-state index contributed by atoms with van der Waals surface area (Å²) in [5, 5.41) is 2.65. The Hall–Kier alpha value is -3.98. The predicted octanol–water partition coefficient (Wildman–Crippen LogP) is 4.79. The summed E-state index contributed by atoms with van der Waals surface area (Å²) in [6.07, 6.45) is 6.14. The van der Waals surface area contributed by atoms with Gasteiger partial charge in [0.2, 0.25) is 0 Å². The van der Waals surface area contributed by atoms with E-state index >= 15 is 0 Å². The Balaban J connectivity index is 1.25. The molecular weight excluding hydrogens is 500 g/mol. The molecule has 2 fully saturated rings. The highest BCUT2D eigenvalue weighted by Crippen LogP contribution is 2.39. The normalized spacial score (nSPS) is 16.6. The van der Waals surface area contributed by atoms with Gasteiger partial charge in [0, 0.05) is 17.3 Å². The molecule has 1 aliphatic heterocycles. The summed E-state index contributed by atoms with van der Waals surface area (Å²) in [5.74, 6) is -0.794. The van der Waals surface area contributed by atoms with Gasteiger partial charge in [0.1, 0.15) is 17.3 Å². The van der Waals surface area contributed by atoms with Crippen molar-refractivity contribution in [1.82, 2.24) is 9.55 Å². The van der Waals surface area contributed by atoms with Crippen LogP contribution in [0.25, 0.3) is 22.7 Å². The van der Waals surface area contributed by atoms with E-state index in [2.05, 4.69) is 26.8 Å². The molecule has 0 unspecified atom stereocenters. The minimum atomic E-state index is -0.536. The molecule has 1 saturated carbocycles. The van der Waals surface area contributed by atoms with Gasteiger partial charge in [-0.3, -0.25) is 4.79 Å². The summed E-state index contributed by atoms with van der Waals surface area (Å²) in [6.45, 7) is 3.74. The van der Waals surface area contributed by atoms with Gasteiger partial charge in [-0.1, -0.05) is 12.8 Å². The molecule has 3 heterocycles. The van der Waals surface area contributed by atoms with E-state index in [-0.39, 0.29) is 23.3 Å². The number of carbonyl (C=O) groups excluding carboxylic acids is 1. The third-order valence-corrected chi connectivity index (χ3v) is 7.88. The summed E-state index contributed by atoms with van der Waals surface area (Å²) in [5.41, 5.74) is 3.08. The number of piperazine rings is 1. The first kappa shape index (κ1) is 25.3. The smallest absolute Gasteiger partial charge is 0.291 e. The molecule has 0 atom stereocenters. The van der Waals surface area contributed by atoms with Crippen LogP contribution in [-0.2, 0) is 0 Å². The number of hydrogen-bond donors (Lipinski definition) is 2. The Bertz CT molecular complexity index is 1470. The molecule has 6 rings (SSSR count). The number of aromatic nitrogens is 2. The number of furan rings is 1. The molecule has 0 bridgehead atoms. The summed E-state index contributed by atoms with van der Waals surface area (Å²) < 4.78 is 36.7. The highest BCUT2D eigenvalue weighted by atomic mass is 19.1. The van der Waals surface area contributed by atoms with Crippen molar-refractivity contribution in [2.24, 2.45) is 0 Å². The highest BCUT2D eigenvalue weighted by Gasteiger charge is 2.26. The summed E-state index contributed by atoms with van der Waals surface area (Å²) >= 11 is 0. The number of amides is 1. The molecule has 2 N–H and O–H groups in total. The molecule has 2 aromatic carbocycles. The summed E-state index contributed by atoms with van der Waals surface area (Å²) in [4.78, 5) is 21.3. The molecule has 2 aromatic heterocycles. The molecule has 202 valence electrons. The number of quaternary nitrogens is 1. The molecule has 2 aliphatic rings. The number of nitrogens with one attached hydrogen (secondary N) is 2. The molecule has 7 nitrogen and oxygen atoms in total. The van der Waals surface area contributed by atoms with E-state index < -0.39 is 11.7 Å². The van der Waals surface area contributed by atoms with Crippen molar-refractivity contribution < 1.29 is 22.9 Å². The number of imidazole rings is 1. The van der Waals surface area contributed by atoms with E-state index in [1.165, 1.54) is 23.1 Å². The fraction of sp³-hybridized carbons (Fsp3) is 0.333. The zero-order valence-electron chi connectivity index (χ0n) is 21.9. The molecule has 1 saturated heterocycles. The van der Waals surface area contributed by atoms with E-state index in [1.54, 1.807) is 36.7 Å². The fourth-order valence-electron chi connectivity index (χ4n) is 5.60. The van der Waals surface area contributed by atoms with Crippen LogP contribution < -0.4 is 15.1 Å². The molecule has 0 radical (unpaired) electrons. The maximum absolute atomic E-state index is 15.0. The summed E-state index contributed by atoms with van der Waals surface area (Å²) in [6, 6.07) is 14.7. The van der Waals surface area contributed by atoms with E-state index in [4.69, 9.17) is 4.42 Å². The number of likely N-dealkylation sites (N-methyl/N-ethyl adjacent to an activating group) is 1. The topological polar surface area (TPSA) is 67.7 Å². The molecule has 4 aromatic rings. The first-order valence-electron chi connectivity index (χ1n) is 13.6. The number of benzene rings is 2. The first-order chi connectivity index (χ1) is 19.0. The Labute approximate surface area is 226 Å². The Morgan fingerprint density at radius 1 is 1.03 bits per heavy atom. The van der Waals surface area contributed by atoms with Crippen molar-refractivity contribution in [2.75, 3.05) is 43.4 Å². The van der Waals surface area contributed by atoms with Crippen LogP contribution in [0.5, 0.6) is 0 Å². The lowest BCUT2D eigenvalue weighted by atomic mass is 10.1. The maximum atomic E-state index is 15.0. The van der Waals surface area contributed by atoms with Crippen LogP contribution in [0.1, 0.15) is 42.3 Å². The van der Waals surface area contributed by atoms with Crippen molar-refractivity contribution in [2.45, 2.75) is 31.7 Å². The van der Waals surface area contributed by atoms with Gasteiger partial charge in [0.05, 0.1) is 50.9 Å². The summed E-state index contributed by atoms with van der Waals surface area (Å²) in [7, 11) is 2.16. The van der Waals surface area contributed by atoms with Gasteiger partial charge in [-0.25, -0.2) is 13.8 Å². The van der Waals surface area contributed by atoms with Gasteiger partial charge < -0.3 is 24.1 Å². The average Bonchev–Trinajstić information content (AvgIpc) is 3.71. The second kappa shape index (κ2) is 10.6. The molecule has 1 aliphatic carbocycles. The number of rotatable bonds is 6. The average molecular weight is 533 g/mol.